The number of nitrogens with zero attached hydrogens (tertiary/aromatic N) is 1. The van der Waals surface area contributed by atoms with Crippen molar-refractivity contribution in [2.75, 3.05) is 0 Å². The molecule has 1 aromatic rings. The fraction of sp³-hybridized carbons (Fsp3) is 0.222. The Bertz CT molecular complexity index is 269. The van der Waals surface area contributed by atoms with Crippen LogP contribution in [0.2, 0.25) is 0 Å². The van der Waals surface area contributed by atoms with E-state index in [1.807, 2.05) is 18.2 Å². The average molecular weight is 146 g/mol. The second-order valence-electron chi connectivity index (χ2n) is 2.13. The molecule has 0 aliphatic heterocycles. The Morgan fingerprint density at radius 3 is 2.91 bits per heavy atom. The molecule has 0 saturated heterocycles. The van der Waals surface area contributed by atoms with Crippen molar-refractivity contribution >= 4 is 0 Å². The molecule has 0 radical (unpaired) electrons. The summed E-state index contributed by atoms with van der Waals surface area (Å²) in [6, 6.07) is 5.38. The van der Waals surface area contributed by atoms with E-state index in [1.54, 1.807) is 13.1 Å². The molecule has 0 bridgehead atoms. The first kappa shape index (κ1) is 7.77. The standard InChI is InChI=1S/C9H10N2/c1-2-5-8(10)9-6-3-4-7-11-9/h3-4,6-8H,10H2,1H3/t8-/m0/s1. The highest BCUT2D eigenvalue weighted by atomic mass is 14.7. The molecule has 0 spiro atoms. The predicted molar refractivity (Wildman–Crippen MR) is 44.6 cm³/mol. The van der Waals surface area contributed by atoms with Gasteiger partial charge in [-0.05, 0) is 19.1 Å². The molecule has 0 aliphatic rings. The van der Waals surface area contributed by atoms with Crippen LogP contribution in [-0.4, -0.2) is 4.98 Å². The molecule has 11 heavy (non-hydrogen) atoms. The lowest BCUT2D eigenvalue weighted by Gasteiger charge is -2.00. The van der Waals surface area contributed by atoms with Crippen molar-refractivity contribution in [2.24, 2.45) is 5.73 Å². The van der Waals surface area contributed by atoms with Gasteiger partial charge in [0.2, 0.25) is 0 Å². The molecule has 2 N–H and O–H groups in total. The molecule has 1 aromatic heterocycles. The summed E-state index contributed by atoms with van der Waals surface area (Å²) in [6.07, 6.45) is 1.71. The van der Waals surface area contributed by atoms with E-state index in [-0.39, 0.29) is 6.04 Å². The van der Waals surface area contributed by atoms with Gasteiger partial charge < -0.3 is 5.73 Å². The second-order valence-corrected chi connectivity index (χ2v) is 2.13. The van der Waals surface area contributed by atoms with Crippen LogP contribution >= 0.6 is 0 Å². The topological polar surface area (TPSA) is 38.9 Å². The summed E-state index contributed by atoms with van der Waals surface area (Å²) in [4.78, 5) is 4.07. The lowest BCUT2D eigenvalue weighted by molar-refractivity contribution is 0.889. The zero-order chi connectivity index (χ0) is 8.10. The van der Waals surface area contributed by atoms with E-state index >= 15 is 0 Å². The van der Waals surface area contributed by atoms with Crippen molar-refractivity contribution < 1.29 is 0 Å². The zero-order valence-corrected chi connectivity index (χ0v) is 6.41. The molecule has 56 valence electrons. The third-order valence-corrected chi connectivity index (χ3v) is 1.31. The summed E-state index contributed by atoms with van der Waals surface area (Å²) in [7, 11) is 0. The number of rotatable bonds is 1. The number of hydrogen-bond acceptors (Lipinski definition) is 2. The number of aromatic nitrogens is 1. The second kappa shape index (κ2) is 3.75. The lowest BCUT2D eigenvalue weighted by Crippen LogP contribution is -2.08. The van der Waals surface area contributed by atoms with Crippen LogP contribution in [0.1, 0.15) is 18.7 Å². The van der Waals surface area contributed by atoms with Gasteiger partial charge in [-0.2, -0.15) is 0 Å². The van der Waals surface area contributed by atoms with E-state index in [0.717, 1.165) is 5.69 Å². The van der Waals surface area contributed by atoms with Crippen LogP contribution in [0.4, 0.5) is 0 Å². The van der Waals surface area contributed by atoms with Crippen LogP contribution in [0.3, 0.4) is 0 Å². The molecule has 2 nitrogen and oxygen atoms in total. The van der Waals surface area contributed by atoms with E-state index < -0.39 is 0 Å². The number of hydrogen-bond donors (Lipinski definition) is 1. The van der Waals surface area contributed by atoms with Gasteiger partial charge in [-0.1, -0.05) is 12.0 Å². The van der Waals surface area contributed by atoms with Gasteiger partial charge in [-0.3, -0.25) is 4.98 Å². The van der Waals surface area contributed by atoms with Crippen LogP contribution in [-0.2, 0) is 0 Å². The quantitative estimate of drug-likeness (QED) is 0.603. The molecule has 0 saturated carbocycles. The Morgan fingerprint density at radius 2 is 2.36 bits per heavy atom. The average Bonchev–Trinajstić information content (AvgIpc) is 2.07. The molecule has 1 rings (SSSR count). The van der Waals surface area contributed by atoms with Gasteiger partial charge >= 0.3 is 0 Å². The highest BCUT2D eigenvalue weighted by molar-refractivity contribution is 5.18. The van der Waals surface area contributed by atoms with Crippen LogP contribution in [0, 0.1) is 11.8 Å². The minimum absolute atomic E-state index is 0.249. The lowest BCUT2D eigenvalue weighted by atomic mass is 10.2. The van der Waals surface area contributed by atoms with Gasteiger partial charge in [0.15, 0.2) is 0 Å². The Hall–Kier alpha value is -1.33. The van der Waals surface area contributed by atoms with Crippen molar-refractivity contribution in [2.45, 2.75) is 13.0 Å². The summed E-state index contributed by atoms with van der Waals surface area (Å²) in [6.45, 7) is 1.77. The fourth-order valence-electron chi connectivity index (χ4n) is 0.789. The Kier molecular flexibility index (Phi) is 2.65. The SMILES string of the molecule is CC#C[C@H](N)c1ccccn1. The van der Waals surface area contributed by atoms with Crippen molar-refractivity contribution in [1.82, 2.24) is 4.98 Å². The Balaban J connectivity index is 2.82. The van der Waals surface area contributed by atoms with Crippen molar-refractivity contribution in [3.05, 3.63) is 30.1 Å². The molecule has 2 heteroatoms. The van der Waals surface area contributed by atoms with Crippen LogP contribution in [0.15, 0.2) is 24.4 Å². The molecule has 0 unspecified atom stereocenters. The minimum atomic E-state index is -0.249. The minimum Gasteiger partial charge on any atom is -0.313 e. The first-order valence-corrected chi connectivity index (χ1v) is 3.43. The summed E-state index contributed by atoms with van der Waals surface area (Å²) < 4.78 is 0. The van der Waals surface area contributed by atoms with Crippen LogP contribution in [0.25, 0.3) is 0 Å². The maximum Gasteiger partial charge on any atom is 0.109 e. The number of pyridine rings is 1. The van der Waals surface area contributed by atoms with Gasteiger partial charge in [-0.15, -0.1) is 5.92 Å². The molecule has 0 fully saturated rings. The molecule has 0 aliphatic carbocycles. The van der Waals surface area contributed by atoms with Gasteiger partial charge in [-0.25, -0.2) is 0 Å². The molecule has 0 amide bonds. The normalized spacial score (nSPS) is 11.5. The van der Waals surface area contributed by atoms with Crippen LogP contribution in [0.5, 0.6) is 0 Å². The molecular weight excluding hydrogens is 136 g/mol. The van der Waals surface area contributed by atoms with Gasteiger partial charge in [0.1, 0.15) is 6.04 Å². The monoisotopic (exact) mass is 146 g/mol. The number of nitrogens with two attached hydrogens (primary N) is 1. The largest absolute Gasteiger partial charge is 0.313 e. The molecular formula is C9H10N2. The van der Waals surface area contributed by atoms with Crippen molar-refractivity contribution in [1.29, 1.82) is 0 Å². The van der Waals surface area contributed by atoms with E-state index in [9.17, 15) is 0 Å². The van der Waals surface area contributed by atoms with Crippen LogP contribution < -0.4 is 5.73 Å². The highest BCUT2D eigenvalue weighted by Crippen LogP contribution is 2.02. The smallest absolute Gasteiger partial charge is 0.109 e. The van der Waals surface area contributed by atoms with Gasteiger partial charge in [0.05, 0.1) is 5.69 Å². The summed E-state index contributed by atoms with van der Waals surface area (Å²) in [5.74, 6) is 5.58. The third-order valence-electron chi connectivity index (χ3n) is 1.31. The maximum atomic E-state index is 5.67. The van der Waals surface area contributed by atoms with E-state index in [1.165, 1.54) is 0 Å². The van der Waals surface area contributed by atoms with E-state index in [2.05, 4.69) is 16.8 Å². The highest BCUT2D eigenvalue weighted by Gasteiger charge is 1.99. The van der Waals surface area contributed by atoms with Gasteiger partial charge in [0.25, 0.3) is 0 Å². The molecule has 1 atom stereocenters. The summed E-state index contributed by atoms with van der Waals surface area (Å²) in [5.41, 5.74) is 6.49. The summed E-state index contributed by atoms with van der Waals surface area (Å²) in [5, 5.41) is 0. The third kappa shape index (κ3) is 2.06. The van der Waals surface area contributed by atoms with Crippen molar-refractivity contribution in [3.8, 4) is 11.8 Å². The molecule has 0 aromatic carbocycles. The first-order valence-electron chi connectivity index (χ1n) is 3.43. The Morgan fingerprint density at radius 1 is 1.55 bits per heavy atom. The first-order chi connectivity index (χ1) is 5.34. The maximum absolute atomic E-state index is 5.67. The summed E-state index contributed by atoms with van der Waals surface area (Å²) >= 11 is 0. The predicted octanol–water partition coefficient (Wildman–Crippen LogP) is 1.10. The fourth-order valence-corrected chi connectivity index (χ4v) is 0.789. The Labute approximate surface area is 66.4 Å². The zero-order valence-electron chi connectivity index (χ0n) is 6.41. The molecule has 1 heterocycles. The van der Waals surface area contributed by atoms with Gasteiger partial charge in [0, 0.05) is 6.20 Å². The van der Waals surface area contributed by atoms with E-state index in [4.69, 9.17) is 5.73 Å². The van der Waals surface area contributed by atoms with Crippen molar-refractivity contribution in [3.63, 3.8) is 0 Å². The van der Waals surface area contributed by atoms with E-state index in [0.29, 0.717) is 0 Å².